The predicted octanol–water partition coefficient (Wildman–Crippen LogP) is 3.49. The summed E-state index contributed by atoms with van der Waals surface area (Å²) in [6, 6.07) is 8.58. The fourth-order valence-corrected chi connectivity index (χ4v) is 2.75. The van der Waals surface area contributed by atoms with Gasteiger partial charge in [-0.15, -0.1) is 22.7 Å². The van der Waals surface area contributed by atoms with E-state index in [0.29, 0.717) is 0 Å². The topological polar surface area (TPSA) is 3.24 Å². The predicted molar refractivity (Wildman–Crippen MR) is 65.6 cm³/mol. The summed E-state index contributed by atoms with van der Waals surface area (Å²) in [7, 11) is 2.15. The molecule has 0 saturated heterocycles. The lowest BCUT2D eigenvalue weighted by molar-refractivity contribution is 0.896. The van der Waals surface area contributed by atoms with Gasteiger partial charge >= 0.3 is 0 Å². The Morgan fingerprint density at radius 3 is 2.57 bits per heavy atom. The van der Waals surface area contributed by atoms with Gasteiger partial charge in [0.25, 0.3) is 0 Å². The van der Waals surface area contributed by atoms with Crippen LogP contribution in [-0.4, -0.2) is 13.6 Å². The molecule has 0 N–H and O–H groups in total. The third-order valence-corrected chi connectivity index (χ3v) is 4.07. The van der Waals surface area contributed by atoms with E-state index < -0.39 is 0 Å². The first-order valence-corrected chi connectivity index (χ1v) is 6.39. The highest BCUT2D eigenvalue weighted by atomic mass is 32.1. The molecule has 2 heterocycles. The quantitative estimate of drug-likeness (QED) is 0.767. The standard InChI is InChI=1S/C11H13NS2/c1-12(11-5-3-9-14-11)7-6-10-4-2-8-13-10/h2-5,8-9H,6-7H2,1H3. The zero-order valence-corrected chi connectivity index (χ0v) is 9.78. The SMILES string of the molecule is CN(CCc1cccs1)c1cccs1. The molecule has 0 unspecified atom stereocenters. The summed E-state index contributed by atoms with van der Waals surface area (Å²) < 4.78 is 0. The Morgan fingerprint density at radius 1 is 1.14 bits per heavy atom. The number of likely N-dealkylation sites (N-methyl/N-ethyl adjacent to an activating group) is 1. The molecule has 2 rings (SSSR count). The van der Waals surface area contributed by atoms with Gasteiger partial charge in [0.15, 0.2) is 0 Å². The van der Waals surface area contributed by atoms with Crippen LogP contribution in [0.4, 0.5) is 5.00 Å². The van der Waals surface area contributed by atoms with Crippen LogP contribution < -0.4 is 4.90 Å². The maximum Gasteiger partial charge on any atom is 0.0905 e. The highest BCUT2D eigenvalue weighted by Crippen LogP contribution is 2.20. The van der Waals surface area contributed by atoms with E-state index in [1.165, 1.54) is 9.88 Å². The minimum Gasteiger partial charge on any atom is -0.366 e. The molecule has 3 heteroatoms. The molecule has 0 aliphatic rings. The largest absolute Gasteiger partial charge is 0.366 e. The van der Waals surface area contributed by atoms with Gasteiger partial charge in [-0.3, -0.25) is 0 Å². The average Bonchev–Trinajstić information content (AvgIpc) is 2.87. The van der Waals surface area contributed by atoms with Crippen molar-refractivity contribution in [3.05, 3.63) is 39.9 Å². The summed E-state index contributed by atoms with van der Waals surface area (Å²) in [6.07, 6.45) is 1.14. The van der Waals surface area contributed by atoms with Gasteiger partial charge in [-0.25, -0.2) is 0 Å². The van der Waals surface area contributed by atoms with E-state index in [1.54, 1.807) is 11.3 Å². The third-order valence-electron chi connectivity index (χ3n) is 2.16. The lowest BCUT2D eigenvalue weighted by atomic mass is 10.3. The highest BCUT2D eigenvalue weighted by Gasteiger charge is 2.01. The van der Waals surface area contributed by atoms with Gasteiger partial charge in [0.05, 0.1) is 5.00 Å². The van der Waals surface area contributed by atoms with E-state index in [1.807, 2.05) is 11.3 Å². The van der Waals surface area contributed by atoms with Gasteiger partial charge in [-0.05, 0) is 35.4 Å². The zero-order valence-electron chi connectivity index (χ0n) is 8.14. The second-order valence-electron chi connectivity index (χ2n) is 3.20. The third kappa shape index (κ3) is 2.36. The van der Waals surface area contributed by atoms with Crippen molar-refractivity contribution >= 4 is 27.7 Å². The zero-order chi connectivity index (χ0) is 9.80. The van der Waals surface area contributed by atoms with Gasteiger partial charge < -0.3 is 4.90 Å². The summed E-state index contributed by atoms with van der Waals surface area (Å²) in [5.41, 5.74) is 0. The summed E-state index contributed by atoms with van der Waals surface area (Å²) in [5, 5.41) is 5.61. The van der Waals surface area contributed by atoms with E-state index in [0.717, 1.165) is 13.0 Å². The molecule has 0 bridgehead atoms. The van der Waals surface area contributed by atoms with E-state index in [-0.39, 0.29) is 0 Å². The second kappa shape index (κ2) is 4.62. The maximum absolute atomic E-state index is 2.31. The molecular weight excluding hydrogens is 210 g/mol. The Bertz CT molecular complexity index is 351. The minimum atomic E-state index is 1.10. The summed E-state index contributed by atoms with van der Waals surface area (Å²) in [5.74, 6) is 0. The van der Waals surface area contributed by atoms with Crippen LogP contribution in [0, 0.1) is 0 Å². The number of nitrogens with zero attached hydrogens (tertiary/aromatic N) is 1. The minimum absolute atomic E-state index is 1.10. The number of rotatable bonds is 4. The Morgan fingerprint density at radius 2 is 1.93 bits per heavy atom. The molecule has 0 saturated carbocycles. The molecule has 0 aromatic carbocycles. The second-order valence-corrected chi connectivity index (χ2v) is 5.16. The van der Waals surface area contributed by atoms with Crippen LogP contribution in [0.25, 0.3) is 0 Å². The van der Waals surface area contributed by atoms with Crippen LogP contribution in [0.15, 0.2) is 35.0 Å². The Hall–Kier alpha value is -0.800. The van der Waals surface area contributed by atoms with Crippen molar-refractivity contribution in [1.82, 2.24) is 0 Å². The van der Waals surface area contributed by atoms with Crippen molar-refractivity contribution < 1.29 is 0 Å². The van der Waals surface area contributed by atoms with Crippen molar-refractivity contribution in [1.29, 1.82) is 0 Å². The highest BCUT2D eigenvalue weighted by molar-refractivity contribution is 7.14. The van der Waals surface area contributed by atoms with E-state index >= 15 is 0 Å². The molecule has 0 atom stereocenters. The summed E-state index contributed by atoms with van der Waals surface area (Å²) in [4.78, 5) is 3.78. The molecule has 0 aliphatic carbocycles. The van der Waals surface area contributed by atoms with Gasteiger partial charge in [-0.2, -0.15) is 0 Å². The first-order valence-electron chi connectivity index (χ1n) is 4.63. The number of hydrogen-bond donors (Lipinski definition) is 0. The Labute approximate surface area is 92.6 Å². The van der Waals surface area contributed by atoms with Gasteiger partial charge in [0.2, 0.25) is 0 Å². The van der Waals surface area contributed by atoms with Gasteiger partial charge in [-0.1, -0.05) is 6.07 Å². The molecular formula is C11H13NS2. The first kappa shape index (κ1) is 9.74. The van der Waals surface area contributed by atoms with Crippen LogP contribution in [0.3, 0.4) is 0 Å². The number of anilines is 1. The van der Waals surface area contributed by atoms with E-state index in [9.17, 15) is 0 Å². The lowest BCUT2D eigenvalue weighted by Gasteiger charge is -2.15. The molecule has 1 nitrogen and oxygen atoms in total. The van der Waals surface area contributed by atoms with Crippen LogP contribution in [-0.2, 0) is 6.42 Å². The van der Waals surface area contributed by atoms with Crippen LogP contribution in [0.5, 0.6) is 0 Å². The monoisotopic (exact) mass is 223 g/mol. The molecule has 0 radical (unpaired) electrons. The lowest BCUT2D eigenvalue weighted by Crippen LogP contribution is -2.18. The Kier molecular flexibility index (Phi) is 3.22. The fourth-order valence-electron chi connectivity index (χ4n) is 1.33. The summed E-state index contributed by atoms with van der Waals surface area (Å²) in [6.45, 7) is 1.10. The molecule has 0 spiro atoms. The van der Waals surface area contributed by atoms with Gasteiger partial charge in [0, 0.05) is 18.5 Å². The van der Waals surface area contributed by atoms with Crippen molar-refractivity contribution in [2.45, 2.75) is 6.42 Å². The van der Waals surface area contributed by atoms with Crippen LogP contribution >= 0.6 is 22.7 Å². The molecule has 0 fully saturated rings. The average molecular weight is 223 g/mol. The molecule has 2 aromatic heterocycles. The van der Waals surface area contributed by atoms with Crippen molar-refractivity contribution in [3.63, 3.8) is 0 Å². The molecule has 74 valence electrons. The number of thiophene rings is 2. The van der Waals surface area contributed by atoms with Crippen molar-refractivity contribution in [3.8, 4) is 0 Å². The van der Waals surface area contributed by atoms with Crippen molar-refractivity contribution in [2.24, 2.45) is 0 Å². The normalized spacial score (nSPS) is 10.4. The van der Waals surface area contributed by atoms with Gasteiger partial charge in [0.1, 0.15) is 0 Å². The molecule has 2 aromatic rings. The molecule has 0 amide bonds. The van der Waals surface area contributed by atoms with Crippen LogP contribution in [0.2, 0.25) is 0 Å². The first-order chi connectivity index (χ1) is 6.86. The van der Waals surface area contributed by atoms with Crippen molar-refractivity contribution in [2.75, 3.05) is 18.5 Å². The van der Waals surface area contributed by atoms with E-state index in [2.05, 4.69) is 47.0 Å². The van der Waals surface area contributed by atoms with E-state index in [4.69, 9.17) is 0 Å². The smallest absolute Gasteiger partial charge is 0.0905 e. The maximum atomic E-state index is 2.31. The number of hydrogen-bond acceptors (Lipinski definition) is 3. The molecule has 0 aliphatic heterocycles. The summed E-state index contributed by atoms with van der Waals surface area (Å²) >= 11 is 3.64. The Balaban J connectivity index is 1.87. The fraction of sp³-hybridized carbons (Fsp3) is 0.273. The van der Waals surface area contributed by atoms with Crippen LogP contribution in [0.1, 0.15) is 4.88 Å². The molecule has 14 heavy (non-hydrogen) atoms.